The van der Waals surface area contributed by atoms with Crippen LogP contribution in [0.15, 0.2) is 0 Å². The van der Waals surface area contributed by atoms with Crippen molar-refractivity contribution in [1.82, 2.24) is 3.71 Å². The van der Waals surface area contributed by atoms with Gasteiger partial charge in [0.15, 0.2) is 0 Å². The predicted molar refractivity (Wildman–Crippen MR) is 57.9 cm³/mol. The first kappa shape index (κ1) is 15.3. The second kappa shape index (κ2) is 5.11. The van der Waals surface area contributed by atoms with Crippen LogP contribution in [0.4, 0.5) is 0 Å². The van der Waals surface area contributed by atoms with Gasteiger partial charge in [0, 0.05) is 12.5 Å². The zero-order valence-electron chi connectivity index (χ0n) is 9.24. The van der Waals surface area contributed by atoms with E-state index in [0.29, 0.717) is 3.71 Å². The summed E-state index contributed by atoms with van der Waals surface area (Å²) in [6, 6.07) is -0.902. The van der Waals surface area contributed by atoms with Gasteiger partial charge < -0.3 is 5.11 Å². The smallest absolute Gasteiger partial charge is 0.303 e. The van der Waals surface area contributed by atoms with E-state index in [9.17, 15) is 21.6 Å². The van der Waals surface area contributed by atoms with Gasteiger partial charge in [-0.25, -0.2) is 16.8 Å². The van der Waals surface area contributed by atoms with Crippen molar-refractivity contribution in [1.29, 1.82) is 0 Å². The molecule has 0 aliphatic rings. The quantitative estimate of drug-likeness (QED) is 0.696. The fraction of sp³-hybridized carbons (Fsp3) is 0.857. The number of aliphatic carboxylic acids is 1. The molecule has 0 rings (SSSR count). The van der Waals surface area contributed by atoms with Crippen LogP contribution in [0.2, 0.25) is 0 Å². The first-order valence-electron chi connectivity index (χ1n) is 4.37. The average molecular weight is 273 g/mol. The highest BCUT2D eigenvalue weighted by Gasteiger charge is 2.32. The normalized spacial score (nSPS) is 15.0. The zero-order valence-corrected chi connectivity index (χ0v) is 10.9. The number of sulfonamides is 2. The first-order valence-corrected chi connectivity index (χ1v) is 8.07. The first-order chi connectivity index (χ1) is 6.96. The molecule has 1 atom stereocenters. The van der Waals surface area contributed by atoms with E-state index < -0.39 is 32.1 Å². The molecule has 0 aromatic rings. The van der Waals surface area contributed by atoms with E-state index in [0.717, 1.165) is 12.5 Å². The lowest BCUT2D eigenvalue weighted by molar-refractivity contribution is -0.137. The number of hydrogen-bond acceptors (Lipinski definition) is 5. The summed E-state index contributed by atoms with van der Waals surface area (Å²) in [5, 5.41) is 8.43. The van der Waals surface area contributed by atoms with Gasteiger partial charge in [-0.15, -0.1) is 0 Å². The van der Waals surface area contributed by atoms with Gasteiger partial charge in [-0.1, -0.05) is 3.71 Å². The van der Waals surface area contributed by atoms with Crippen molar-refractivity contribution in [2.24, 2.45) is 0 Å². The molecule has 9 heteroatoms. The van der Waals surface area contributed by atoms with E-state index in [2.05, 4.69) is 0 Å². The molecule has 0 fully saturated rings. The molecule has 7 nitrogen and oxygen atoms in total. The second-order valence-electron chi connectivity index (χ2n) is 3.53. The highest BCUT2D eigenvalue weighted by atomic mass is 32.3. The summed E-state index contributed by atoms with van der Waals surface area (Å²) in [5.74, 6) is -1.10. The largest absolute Gasteiger partial charge is 0.481 e. The number of rotatable bonds is 6. The molecule has 0 bridgehead atoms. The summed E-state index contributed by atoms with van der Waals surface area (Å²) >= 11 is 0. The standard InChI is InChI=1S/C7H15NO6S2/c1-6(4-5-7(9)10)8(15(2,11)12)16(3,13)14/h6H,4-5H2,1-3H3,(H,9,10). The summed E-state index contributed by atoms with van der Waals surface area (Å²) in [7, 11) is -7.83. The summed E-state index contributed by atoms with van der Waals surface area (Å²) in [6.45, 7) is 1.35. The van der Waals surface area contributed by atoms with Crippen molar-refractivity contribution in [3.05, 3.63) is 0 Å². The summed E-state index contributed by atoms with van der Waals surface area (Å²) in [6.07, 6.45) is 1.19. The van der Waals surface area contributed by atoms with Crippen molar-refractivity contribution in [3.63, 3.8) is 0 Å². The highest BCUT2D eigenvalue weighted by molar-refractivity contribution is 8.03. The topological polar surface area (TPSA) is 109 Å². The Morgan fingerprint density at radius 2 is 1.56 bits per heavy atom. The number of hydrogen-bond donors (Lipinski definition) is 1. The molecule has 16 heavy (non-hydrogen) atoms. The molecule has 0 aliphatic carbocycles. The maximum Gasteiger partial charge on any atom is 0.303 e. The summed E-state index contributed by atoms with van der Waals surface area (Å²) in [4.78, 5) is 10.3. The number of nitrogens with zero attached hydrogens (tertiary/aromatic N) is 1. The van der Waals surface area contributed by atoms with Crippen molar-refractivity contribution < 1.29 is 26.7 Å². The fourth-order valence-electron chi connectivity index (χ4n) is 1.34. The zero-order chi connectivity index (χ0) is 13.1. The molecule has 0 saturated heterocycles. The SMILES string of the molecule is CC(CCC(=O)O)N(S(C)(=O)=O)S(C)(=O)=O. The lowest BCUT2D eigenvalue weighted by Crippen LogP contribution is -2.42. The van der Waals surface area contributed by atoms with Gasteiger partial charge in [-0.3, -0.25) is 4.79 Å². The molecule has 1 unspecified atom stereocenters. The van der Waals surface area contributed by atoms with E-state index in [1.807, 2.05) is 0 Å². The molecule has 0 aliphatic heterocycles. The lowest BCUT2D eigenvalue weighted by atomic mass is 10.2. The van der Waals surface area contributed by atoms with Gasteiger partial charge in [0.2, 0.25) is 20.0 Å². The van der Waals surface area contributed by atoms with Crippen LogP contribution in [0, 0.1) is 0 Å². The molecule has 0 aromatic heterocycles. The molecule has 0 radical (unpaired) electrons. The fourth-order valence-corrected chi connectivity index (χ4v) is 4.82. The van der Waals surface area contributed by atoms with Crippen LogP contribution in [0.1, 0.15) is 19.8 Å². The summed E-state index contributed by atoms with van der Waals surface area (Å²) in [5.41, 5.74) is 0. The predicted octanol–water partition coefficient (Wildman–Crippen LogP) is -0.539. The molecular formula is C7H15NO6S2. The monoisotopic (exact) mass is 273 g/mol. The Kier molecular flexibility index (Phi) is 4.89. The van der Waals surface area contributed by atoms with Crippen molar-refractivity contribution in [2.75, 3.05) is 12.5 Å². The Morgan fingerprint density at radius 3 is 1.81 bits per heavy atom. The number of carboxylic acids is 1. The number of carboxylic acid groups (broad SMARTS) is 1. The van der Waals surface area contributed by atoms with E-state index in [4.69, 9.17) is 5.11 Å². The van der Waals surface area contributed by atoms with Crippen LogP contribution >= 0.6 is 0 Å². The van der Waals surface area contributed by atoms with Crippen molar-refractivity contribution >= 4 is 26.0 Å². The molecule has 0 saturated carbocycles. The van der Waals surface area contributed by atoms with Crippen LogP contribution in [0.25, 0.3) is 0 Å². The second-order valence-corrected chi connectivity index (χ2v) is 7.48. The summed E-state index contributed by atoms with van der Waals surface area (Å²) < 4.78 is 45.4. The molecule has 0 spiro atoms. The van der Waals surface area contributed by atoms with Gasteiger partial charge in [0.05, 0.1) is 12.5 Å². The molecule has 0 aromatic carbocycles. The van der Waals surface area contributed by atoms with E-state index in [1.54, 1.807) is 0 Å². The van der Waals surface area contributed by atoms with Crippen LogP contribution in [0.3, 0.4) is 0 Å². The Labute approximate surface area is 95.2 Å². The van der Waals surface area contributed by atoms with Gasteiger partial charge in [0.25, 0.3) is 0 Å². The minimum absolute atomic E-state index is 0.0600. The Bertz CT molecular complexity index is 419. The van der Waals surface area contributed by atoms with Crippen LogP contribution < -0.4 is 0 Å². The minimum Gasteiger partial charge on any atom is -0.481 e. The molecule has 0 amide bonds. The molecule has 1 N–H and O–H groups in total. The molecule has 0 heterocycles. The van der Waals surface area contributed by atoms with Crippen molar-refractivity contribution in [2.45, 2.75) is 25.8 Å². The third-order valence-electron chi connectivity index (χ3n) is 1.79. The maximum absolute atomic E-state index is 11.3. The van der Waals surface area contributed by atoms with Gasteiger partial charge in [-0.05, 0) is 13.3 Å². The van der Waals surface area contributed by atoms with Gasteiger partial charge in [0.1, 0.15) is 0 Å². The van der Waals surface area contributed by atoms with Crippen LogP contribution in [-0.4, -0.2) is 50.2 Å². The third-order valence-corrected chi connectivity index (χ3v) is 5.44. The van der Waals surface area contributed by atoms with Gasteiger partial charge in [-0.2, -0.15) is 0 Å². The van der Waals surface area contributed by atoms with Crippen LogP contribution in [-0.2, 0) is 24.8 Å². The van der Waals surface area contributed by atoms with E-state index >= 15 is 0 Å². The molecular weight excluding hydrogens is 258 g/mol. The van der Waals surface area contributed by atoms with Gasteiger partial charge >= 0.3 is 5.97 Å². The minimum atomic E-state index is -3.92. The average Bonchev–Trinajstić information content (AvgIpc) is 1.94. The number of carbonyl (C=O) groups is 1. The molecule has 96 valence electrons. The lowest BCUT2D eigenvalue weighted by Gasteiger charge is -2.23. The van der Waals surface area contributed by atoms with Crippen molar-refractivity contribution in [3.8, 4) is 0 Å². The Balaban J connectivity index is 5.02. The third kappa shape index (κ3) is 4.90. The Hall–Kier alpha value is -0.670. The highest BCUT2D eigenvalue weighted by Crippen LogP contribution is 2.15. The van der Waals surface area contributed by atoms with Crippen LogP contribution in [0.5, 0.6) is 0 Å². The Morgan fingerprint density at radius 1 is 1.19 bits per heavy atom. The maximum atomic E-state index is 11.3. The van der Waals surface area contributed by atoms with E-state index in [-0.39, 0.29) is 12.8 Å². The van der Waals surface area contributed by atoms with E-state index in [1.165, 1.54) is 6.92 Å².